The third kappa shape index (κ3) is 8.14. The lowest BCUT2D eigenvalue weighted by Gasteiger charge is -2.29. The maximum absolute atomic E-state index is 13.3. The van der Waals surface area contributed by atoms with Crippen molar-refractivity contribution in [2.24, 2.45) is 0 Å². The van der Waals surface area contributed by atoms with E-state index in [4.69, 9.17) is 16.3 Å². The first-order valence-corrected chi connectivity index (χ1v) is 13.8. The molecule has 0 aliphatic rings. The lowest BCUT2D eigenvalue weighted by atomic mass is 10.1. The Kier molecular flexibility index (Phi) is 10.9. The molecule has 0 aliphatic carbocycles. The number of sulfonamides is 1. The van der Waals surface area contributed by atoms with Gasteiger partial charge in [0.2, 0.25) is 21.8 Å². The highest BCUT2D eigenvalue weighted by Crippen LogP contribution is 2.30. The molecular weight excluding hydrogens is 490 g/mol. The van der Waals surface area contributed by atoms with Crippen LogP contribution in [-0.4, -0.2) is 57.1 Å². The standard InChI is InChI=1S/C25H34ClN3O5S/c1-5-27-25(31)19(3)28(18-20-12-7-8-13-21(20)26)24(30)16-11-17-29(35(4,32)33)22-14-9-10-15-23(22)34-6-2/h7-10,12-15,19H,5-6,11,16-18H2,1-4H3,(H,27,31)/t19-/m1/s1. The number of hydrogen-bond donors (Lipinski definition) is 1. The van der Waals surface area contributed by atoms with Crippen molar-refractivity contribution in [3.63, 3.8) is 0 Å². The molecule has 0 heterocycles. The van der Waals surface area contributed by atoms with Crippen LogP contribution in [0.3, 0.4) is 0 Å². The van der Waals surface area contributed by atoms with Gasteiger partial charge in [-0.3, -0.25) is 13.9 Å². The quantitative estimate of drug-likeness (QED) is 0.430. The molecular formula is C25H34ClN3O5S. The zero-order chi connectivity index (χ0) is 26.0. The number of ether oxygens (including phenoxy) is 1. The van der Waals surface area contributed by atoms with Crippen LogP contribution < -0.4 is 14.4 Å². The topological polar surface area (TPSA) is 96.0 Å². The lowest BCUT2D eigenvalue weighted by Crippen LogP contribution is -2.47. The summed E-state index contributed by atoms with van der Waals surface area (Å²) in [5.74, 6) is -0.0801. The predicted molar refractivity (Wildman–Crippen MR) is 139 cm³/mol. The highest BCUT2D eigenvalue weighted by atomic mass is 35.5. The number of nitrogens with one attached hydrogen (secondary N) is 1. The second-order valence-electron chi connectivity index (χ2n) is 8.02. The van der Waals surface area contributed by atoms with Gasteiger partial charge in [0.25, 0.3) is 0 Å². The fourth-order valence-corrected chi connectivity index (χ4v) is 4.80. The van der Waals surface area contributed by atoms with E-state index in [0.717, 1.165) is 11.8 Å². The molecule has 0 spiro atoms. The molecule has 0 unspecified atom stereocenters. The van der Waals surface area contributed by atoms with Gasteiger partial charge in [-0.1, -0.05) is 41.9 Å². The zero-order valence-electron chi connectivity index (χ0n) is 20.7. The summed E-state index contributed by atoms with van der Waals surface area (Å²) in [6, 6.07) is 13.3. The Hall–Kier alpha value is -2.78. The average Bonchev–Trinajstić information content (AvgIpc) is 2.81. The van der Waals surface area contributed by atoms with Crippen molar-refractivity contribution in [3.05, 3.63) is 59.1 Å². The molecule has 10 heteroatoms. The summed E-state index contributed by atoms with van der Waals surface area (Å²) in [6.45, 7) is 6.39. The van der Waals surface area contributed by atoms with Crippen molar-refractivity contribution < 1.29 is 22.7 Å². The molecule has 0 aliphatic heterocycles. The lowest BCUT2D eigenvalue weighted by molar-refractivity contribution is -0.140. The first-order valence-electron chi connectivity index (χ1n) is 11.6. The first kappa shape index (κ1) is 28.5. The Bertz CT molecular complexity index is 1110. The summed E-state index contributed by atoms with van der Waals surface area (Å²) in [5.41, 5.74) is 1.15. The molecule has 0 fully saturated rings. The Labute approximate surface area is 213 Å². The second kappa shape index (κ2) is 13.3. The van der Waals surface area contributed by atoms with Gasteiger partial charge in [0.05, 0.1) is 18.6 Å². The van der Waals surface area contributed by atoms with Crippen molar-refractivity contribution >= 4 is 39.1 Å². The van der Waals surface area contributed by atoms with E-state index in [1.54, 1.807) is 43.3 Å². The number of para-hydroxylation sites is 2. The van der Waals surface area contributed by atoms with Gasteiger partial charge in [0.15, 0.2) is 0 Å². The SMILES string of the molecule is CCNC(=O)[C@@H](C)N(Cc1ccccc1Cl)C(=O)CCCN(c1ccccc1OCC)S(C)(=O)=O. The van der Waals surface area contributed by atoms with E-state index in [-0.39, 0.29) is 37.7 Å². The molecule has 0 saturated heterocycles. The van der Waals surface area contributed by atoms with Crippen LogP contribution >= 0.6 is 11.6 Å². The number of rotatable bonds is 13. The molecule has 8 nitrogen and oxygen atoms in total. The number of benzene rings is 2. The van der Waals surface area contributed by atoms with Crippen LogP contribution in [0.15, 0.2) is 48.5 Å². The highest BCUT2D eigenvalue weighted by molar-refractivity contribution is 7.92. The van der Waals surface area contributed by atoms with Crippen LogP contribution in [0.2, 0.25) is 5.02 Å². The van der Waals surface area contributed by atoms with Crippen LogP contribution in [0.1, 0.15) is 39.2 Å². The van der Waals surface area contributed by atoms with Crippen LogP contribution in [0.4, 0.5) is 5.69 Å². The minimum absolute atomic E-state index is 0.0526. The van der Waals surface area contributed by atoms with E-state index in [2.05, 4.69) is 5.32 Å². The molecule has 0 saturated carbocycles. The third-order valence-electron chi connectivity index (χ3n) is 5.40. The molecule has 1 atom stereocenters. The summed E-state index contributed by atoms with van der Waals surface area (Å²) >= 11 is 6.30. The smallest absolute Gasteiger partial charge is 0.242 e. The van der Waals surface area contributed by atoms with Gasteiger partial charge in [-0.2, -0.15) is 0 Å². The number of nitrogens with zero attached hydrogens (tertiary/aromatic N) is 2. The number of hydrogen-bond acceptors (Lipinski definition) is 5. The van der Waals surface area contributed by atoms with E-state index in [1.165, 1.54) is 9.21 Å². The fourth-order valence-electron chi connectivity index (χ4n) is 3.64. The van der Waals surface area contributed by atoms with E-state index < -0.39 is 16.1 Å². The third-order valence-corrected chi connectivity index (χ3v) is 6.95. The van der Waals surface area contributed by atoms with Crippen LogP contribution in [0.25, 0.3) is 0 Å². The summed E-state index contributed by atoms with van der Waals surface area (Å²) in [7, 11) is -3.62. The van der Waals surface area contributed by atoms with Gasteiger partial charge < -0.3 is 15.0 Å². The van der Waals surface area contributed by atoms with Gasteiger partial charge >= 0.3 is 0 Å². The van der Waals surface area contributed by atoms with Crippen LogP contribution in [-0.2, 0) is 26.2 Å². The van der Waals surface area contributed by atoms with E-state index in [1.807, 2.05) is 26.0 Å². The molecule has 0 radical (unpaired) electrons. The average molecular weight is 524 g/mol. The van der Waals surface area contributed by atoms with Gasteiger partial charge in [-0.15, -0.1) is 0 Å². The van der Waals surface area contributed by atoms with Crippen molar-refractivity contribution in [1.82, 2.24) is 10.2 Å². The molecule has 2 rings (SSSR count). The van der Waals surface area contributed by atoms with Crippen molar-refractivity contribution in [2.45, 2.75) is 46.2 Å². The minimum atomic E-state index is -3.62. The summed E-state index contributed by atoms with van der Waals surface area (Å²) in [6.07, 6.45) is 1.43. The second-order valence-corrected chi connectivity index (χ2v) is 10.3. The minimum Gasteiger partial charge on any atom is -0.492 e. The maximum Gasteiger partial charge on any atom is 0.242 e. The number of halogens is 1. The molecule has 2 aromatic rings. The first-order chi connectivity index (χ1) is 16.6. The van der Waals surface area contributed by atoms with Crippen LogP contribution in [0.5, 0.6) is 5.75 Å². The summed E-state index contributed by atoms with van der Waals surface area (Å²) < 4.78 is 32.0. The molecule has 2 aromatic carbocycles. The number of carbonyl (C=O) groups is 2. The zero-order valence-corrected chi connectivity index (χ0v) is 22.2. The molecule has 35 heavy (non-hydrogen) atoms. The summed E-state index contributed by atoms with van der Waals surface area (Å²) in [5, 5.41) is 3.25. The molecule has 1 N–H and O–H groups in total. The molecule has 2 amide bonds. The van der Waals surface area contributed by atoms with Crippen LogP contribution in [0, 0.1) is 0 Å². The molecule has 192 valence electrons. The van der Waals surface area contributed by atoms with Crippen molar-refractivity contribution in [2.75, 3.05) is 30.3 Å². The number of anilines is 1. The van der Waals surface area contributed by atoms with Gasteiger partial charge in [-0.25, -0.2) is 8.42 Å². The molecule has 0 aromatic heterocycles. The Morgan fingerprint density at radius 2 is 1.74 bits per heavy atom. The van der Waals surface area contributed by atoms with Crippen molar-refractivity contribution in [1.29, 1.82) is 0 Å². The van der Waals surface area contributed by atoms with Gasteiger partial charge in [0, 0.05) is 31.1 Å². The Balaban J connectivity index is 2.20. The Morgan fingerprint density at radius 3 is 2.37 bits per heavy atom. The number of likely N-dealkylation sites (N-methyl/N-ethyl adjacent to an activating group) is 1. The van der Waals surface area contributed by atoms with Crippen molar-refractivity contribution in [3.8, 4) is 5.75 Å². The summed E-state index contributed by atoms with van der Waals surface area (Å²) in [4.78, 5) is 27.3. The van der Waals surface area contributed by atoms with Gasteiger partial charge in [-0.05, 0) is 51.0 Å². The number of amides is 2. The van der Waals surface area contributed by atoms with E-state index in [0.29, 0.717) is 29.6 Å². The Morgan fingerprint density at radius 1 is 1.09 bits per heavy atom. The monoisotopic (exact) mass is 523 g/mol. The predicted octanol–water partition coefficient (Wildman–Crippen LogP) is 3.84. The van der Waals surface area contributed by atoms with E-state index in [9.17, 15) is 18.0 Å². The van der Waals surface area contributed by atoms with Gasteiger partial charge in [0.1, 0.15) is 11.8 Å². The fraction of sp³-hybridized carbons (Fsp3) is 0.440. The highest BCUT2D eigenvalue weighted by Gasteiger charge is 2.27. The largest absolute Gasteiger partial charge is 0.492 e. The molecule has 0 bridgehead atoms. The normalized spacial score (nSPS) is 12.0. The maximum atomic E-state index is 13.3. The number of carbonyl (C=O) groups excluding carboxylic acids is 2. The van der Waals surface area contributed by atoms with E-state index >= 15 is 0 Å².